The molecule has 30 heavy (non-hydrogen) atoms. The lowest BCUT2D eigenvalue weighted by atomic mass is 9.80. The molecule has 1 atom stereocenters. The number of carbonyl (C=O) groups is 2. The first kappa shape index (κ1) is 20.3. The Bertz CT molecular complexity index is 1060. The monoisotopic (exact) mass is 423 g/mol. The van der Waals surface area contributed by atoms with E-state index in [9.17, 15) is 9.59 Å². The zero-order chi connectivity index (χ0) is 21.3. The number of rotatable bonds is 6. The highest BCUT2D eigenvalue weighted by Crippen LogP contribution is 2.36. The largest absolute Gasteiger partial charge is 0.369 e. The van der Waals surface area contributed by atoms with Crippen LogP contribution in [0.3, 0.4) is 0 Å². The molecule has 1 saturated heterocycles. The first-order valence-corrected chi connectivity index (χ1v) is 10.9. The second-order valence-corrected chi connectivity index (χ2v) is 9.19. The SMILES string of the molecule is CC(C)c1cc(C(=O)N2CC[C@@](Cc3cccc(-c4cccs4)c3)(C(N)=O)C2)on1. The van der Waals surface area contributed by atoms with Crippen molar-refractivity contribution in [2.75, 3.05) is 13.1 Å². The number of likely N-dealkylation sites (tertiary alicyclic amines) is 1. The van der Waals surface area contributed by atoms with Gasteiger partial charge in [0.1, 0.15) is 0 Å². The molecule has 1 aliphatic heterocycles. The van der Waals surface area contributed by atoms with Crippen LogP contribution in [0.2, 0.25) is 0 Å². The van der Waals surface area contributed by atoms with Crippen molar-refractivity contribution in [3.05, 3.63) is 64.9 Å². The van der Waals surface area contributed by atoms with Crippen molar-refractivity contribution in [3.63, 3.8) is 0 Å². The normalized spacial score (nSPS) is 18.8. The molecule has 4 rings (SSSR count). The quantitative estimate of drug-likeness (QED) is 0.647. The van der Waals surface area contributed by atoms with Crippen LogP contribution in [0, 0.1) is 5.41 Å². The van der Waals surface area contributed by atoms with Gasteiger partial charge in [0.05, 0.1) is 11.1 Å². The van der Waals surface area contributed by atoms with Crippen molar-refractivity contribution in [1.29, 1.82) is 0 Å². The molecule has 2 amide bonds. The summed E-state index contributed by atoms with van der Waals surface area (Å²) in [5, 5.41) is 6.01. The molecule has 0 saturated carbocycles. The third-order valence-corrected chi connectivity index (χ3v) is 6.69. The average Bonchev–Trinajstić information content (AvgIpc) is 3.48. The van der Waals surface area contributed by atoms with Crippen LogP contribution in [0.1, 0.15) is 48.0 Å². The van der Waals surface area contributed by atoms with Gasteiger partial charge in [-0.15, -0.1) is 11.3 Å². The summed E-state index contributed by atoms with van der Waals surface area (Å²) in [6.45, 7) is 4.72. The van der Waals surface area contributed by atoms with Crippen molar-refractivity contribution in [3.8, 4) is 10.4 Å². The van der Waals surface area contributed by atoms with Gasteiger partial charge in [-0.2, -0.15) is 0 Å². The fourth-order valence-electron chi connectivity index (χ4n) is 3.96. The molecule has 1 aromatic carbocycles. The lowest BCUT2D eigenvalue weighted by molar-refractivity contribution is -0.126. The van der Waals surface area contributed by atoms with Gasteiger partial charge in [-0.1, -0.05) is 49.3 Å². The number of nitrogens with zero attached hydrogens (tertiary/aromatic N) is 2. The second-order valence-electron chi connectivity index (χ2n) is 8.25. The molecule has 0 unspecified atom stereocenters. The van der Waals surface area contributed by atoms with E-state index in [2.05, 4.69) is 23.4 Å². The minimum absolute atomic E-state index is 0.175. The average molecular weight is 424 g/mol. The fraction of sp³-hybridized carbons (Fsp3) is 0.348. The van der Waals surface area contributed by atoms with Gasteiger partial charge in [0.2, 0.25) is 11.7 Å². The Labute approximate surface area is 179 Å². The van der Waals surface area contributed by atoms with Crippen LogP contribution < -0.4 is 5.73 Å². The van der Waals surface area contributed by atoms with Gasteiger partial charge in [-0.25, -0.2) is 0 Å². The van der Waals surface area contributed by atoms with E-state index in [1.807, 2.05) is 37.4 Å². The summed E-state index contributed by atoms with van der Waals surface area (Å²) in [5.41, 5.74) is 7.96. The molecular formula is C23H25N3O3S. The van der Waals surface area contributed by atoms with Crippen LogP contribution in [-0.4, -0.2) is 35.0 Å². The topological polar surface area (TPSA) is 89.4 Å². The molecule has 7 heteroatoms. The number of thiophene rings is 1. The highest BCUT2D eigenvalue weighted by atomic mass is 32.1. The van der Waals surface area contributed by atoms with Gasteiger partial charge in [0, 0.05) is 24.0 Å². The lowest BCUT2D eigenvalue weighted by Crippen LogP contribution is -2.42. The molecule has 3 aromatic rings. The third-order valence-electron chi connectivity index (χ3n) is 5.77. The molecule has 1 aliphatic rings. The predicted molar refractivity (Wildman–Crippen MR) is 116 cm³/mol. The summed E-state index contributed by atoms with van der Waals surface area (Å²) in [7, 11) is 0. The van der Waals surface area contributed by atoms with E-state index in [0.29, 0.717) is 19.4 Å². The third kappa shape index (κ3) is 3.89. The highest BCUT2D eigenvalue weighted by molar-refractivity contribution is 7.13. The van der Waals surface area contributed by atoms with Crippen molar-refractivity contribution in [2.45, 2.75) is 32.6 Å². The van der Waals surface area contributed by atoms with Gasteiger partial charge < -0.3 is 15.2 Å². The van der Waals surface area contributed by atoms with Gasteiger partial charge in [-0.3, -0.25) is 9.59 Å². The van der Waals surface area contributed by atoms with E-state index >= 15 is 0 Å². The van der Waals surface area contributed by atoms with Crippen LogP contribution in [-0.2, 0) is 11.2 Å². The lowest BCUT2D eigenvalue weighted by Gasteiger charge is -2.26. The minimum Gasteiger partial charge on any atom is -0.369 e. The van der Waals surface area contributed by atoms with Crippen LogP contribution in [0.5, 0.6) is 0 Å². The van der Waals surface area contributed by atoms with E-state index in [-0.39, 0.29) is 30.0 Å². The Kier molecular flexibility index (Phi) is 5.47. The second kappa shape index (κ2) is 8.07. The van der Waals surface area contributed by atoms with Crippen molar-refractivity contribution in [1.82, 2.24) is 10.1 Å². The van der Waals surface area contributed by atoms with Crippen LogP contribution >= 0.6 is 11.3 Å². The summed E-state index contributed by atoms with van der Waals surface area (Å²) in [5.74, 6) is -0.238. The molecule has 1 fully saturated rings. The van der Waals surface area contributed by atoms with Crippen molar-refractivity contribution in [2.24, 2.45) is 11.1 Å². The minimum atomic E-state index is -0.787. The standard InChI is InChI=1S/C23H25N3O3S/c1-15(2)18-12-19(29-25-18)21(27)26-9-8-23(14-26,22(24)28)13-16-5-3-6-17(11-16)20-7-4-10-30-20/h3-7,10-12,15H,8-9,13-14H2,1-2H3,(H2,24,28)/t23-/m0/s1. The number of nitrogens with two attached hydrogens (primary N) is 1. The molecule has 2 N–H and O–H groups in total. The van der Waals surface area contributed by atoms with Crippen LogP contribution in [0.15, 0.2) is 52.4 Å². The van der Waals surface area contributed by atoms with Crippen molar-refractivity contribution < 1.29 is 14.1 Å². The molecule has 0 aliphatic carbocycles. The number of benzene rings is 1. The fourth-order valence-corrected chi connectivity index (χ4v) is 4.69. The molecule has 0 spiro atoms. The van der Waals surface area contributed by atoms with E-state index < -0.39 is 5.41 Å². The van der Waals surface area contributed by atoms with E-state index in [1.165, 1.54) is 4.88 Å². The molecular weight excluding hydrogens is 398 g/mol. The molecule has 0 radical (unpaired) electrons. The summed E-state index contributed by atoms with van der Waals surface area (Å²) in [6, 6.07) is 14.0. The number of amides is 2. The van der Waals surface area contributed by atoms with Gasteiger partial charge in [-0.05, 0) is 41.3 Å². The summed E-state index contributed by atoms with van der Waals surface area (Å²) in [6.07, 6.45) is 1.03. The Morgan fingerprint density at radius 1 is 1.27 bits per heavy atom. The van der Waals surface area contributed by atoms with Crippen LogP contribution in [0.4, 0.5) is 0 Å². The number of carbonyl (C=O) groups excluding carboxylic acids is 2. The van der Waals surface area contributed by atoms with E-state index in [0.717, 1.165) is 16.8 Å². The summed E-state index contributed by atoms with van der Waals surface area (Å²) >= 11 is 1.68. The number of hydrogen-bond donors (Lipinski definition) is 1. The first-order chi connectivity index (χ1) is 14.4. The smallest absolute Gasteiger partial charge is 0.292 e. The number of hydrogen-bond acceptors (Lipinski definition) is 5. The maximum atomic E-state index is 12.9. The summed E-state index contributed by atoms with van der Waals surface area (Å²) < 4.78 is 5.25. The molecule has 0 bridgehead atoms. The van der Waals surface area contributed by atoms with E-state index in [1.54, 1.807) is 22.3 Å². The molecule has 156 valence electrons. The predicted octanol–water partition coefficient (Wildman–Crippen LogP) is 4.09. The summed E-state index contributed by atoms with van der Waals surface area (Å²) in [4.78, 5) is 28.2. The zero-order valence-corrected chi connectivity index (χ0v) is 17.9. The first-order valence-electron chi connectivity index (χ1n) is 10.1. The number of aromatic nitrogens is 1. The maximum absolute atomic E-state index is 12.9. The Morgan fingerprint density at radius 3 is 2.77 bits per heavy atom. The van der Waals surface area contributed by atoms with Crippen LogP contribution in [0.25, 0.3) is 10.4 Å². The molecule has 6 nitrogen and oxygen atoms in total. The highest BCUT2D eigenvalue weighted by Gasteiger charge is 2.45. The van der Waals surface area contributed by atoms with Gasteiger partial charge in [0.25, 0.3) is 5.91 Å². The van der Waals surface area contributed by atoms with Gasteiger partial charge >= 0.3 is 0 Å². The number of primary amides is 1. The Balaban J connectivity index is 1.53. The molecule has 2 aromatic heterocycles. The molecule has 3 heterocycles. The maximum Gasteiger partial charge on any atom is 0.292 e. The Morgan fingerprint density at radius 2 is 2.10 bits per heavy atom. The van der Waals surface area contributed by atoms with Crippen molar-refractivity contribution >= 4 is 23.2 Å². The zero-order valence-electron chi connectivity index (χ0n) is 17.1. The van der Waals surface area contributed by atoms with Gasteiger partial charge in [0.15, 0.2) is 0 Å². The van der Waals surface area contributed by atoms with E-state index in [4.69, 9.17) is 10.3 Å². The Hall–Kier alpha value is -2.93.